The number of benzene rings is 2. The van der Waals surface area contributed by atoms with Crippen LogP contribution in [0.15, 0.2) is 73.0 Å². The zero-order valence-electron chi connectivity index (χ0n) is 14.9. The first kappa shape index (κ1) is 19.0. The van der Waals surface area contributed by atoms with Crippen molar-refractivity contribution in [1.82, 2.24) is 5.32 Å². The molecule has 2 aromatic rings. The molecule has 0 aliphatic heterocycles. The lowest BCUT2D eigenvalue weighted by Crippen LogP contribution is -2.13. The topological polar surface area (TPSA) is 35.9 Å². The molecule has 130 valence electrons. The molecular weight excluding hydrogens is 328 g/mol. The highest BCUT2D eigenvalue weighted by Crippen LogP contribution is 2.26. The molecule has 3 heteroatoms. The largest absolute Gasteiger partial charge is 0.387 e. The third-order valence-electron chi connectivity index (χ3n) is 4.35. The minimum absolute atomic E-state index is 0.0812. The Bertz CT molecular complexity index is 743. The van der Waals surface area contributed by atoms with Crippen LogP contribution in [0.1, 0.15) is 36.5 Å². The van der Waals surface area contributed by atoms with E-state index >= 15 is 0 Å². The predicted octanol–water partition coefficient (Wildman–Crippen LogP) is 5.89. The second-order valence-corrected chi connectivity index (χ2v) is 6.48. The molecule has 0 radical (unpaired) electrons. The molecular formula is C22H25ClN2. The molecule has 1 atom stereocenters. The van der Waals surface area contributed by atoms with Crippen LogP contribution in [0, 0.1) is 5.41 Å². The molecule has 2 N–H and O–H groups in total. The Morgan fingerprint density at radius 3 is 2.28 bits per heavy atom. The lowest BCUT2D eigenvalue weighted by molar-refractivity contribution is 0.837. The van der Waals surface area contributed by atoms with Crippen LogP contribution in [-0.2, 0) is 13.0 Å². The molecule has 0 spiro atoms. The van der Waals surface area contributed by atoms with Crippen molar-refractivity contribution in [3.63, 3.8) is 0 Å². The minimum atomic E-state index is 0.0812. The summed E-state index contributed by atoms with van der Waals surface area (Å²) < 4.78 is 0. The van der Waals surface area contributed by atoms with E-state index in [4.69, 9.17) is 17.0 Å². The first-order chi connectivity index (χ1) is 12.0. The molecule has 2 aromatic carbocycles. The highest BCUT2D eigenvalue weighted by Gasteiger charge is 2.14. The van der Waals surface area contributed by atoms with E-state index in [2.05, 4.69) is 50.0 Å². The molecule has 0 amide bonds. The van der Waals surface area contributed by atoms with E-state index < -0.39 is 0 Å². The van der Waals surface area contributed by atoms with Gasteiger partial charge in [0.2, 0.25) is 0 Å². The highest BCUT2D eigenvalue weighted by atomic mass is 35.5. The molecule has 0 heterocycles. The van der Waals surface area contributed by atoms with Crippen LogP contribution in [0.3, 0.4) is 0 Å². The summed E-state index contributed by atoms with van der Waals surface area (Å²) in [5.74, 6) is 0.0812. The van der Waals surface area contributed by atoms with Crippen molar-refractivity contribution in [3.05, 3.63) is 94.7 Å². The van der Waals surface area contributed by atoms with Gasteiger partial charge in [-0.25, -0.2) is 0 Å². The second-order valence-electron chi connectivity index (χ2n) is 6.04. The molecule has 0 aromatic heterocycles. The molecule has 2 nitrogen and oxygen atoms in total. The van der Waals surface area contributed by atoms with Gasteiger partial charge in [-0.1, -0.05) is 68.4 Å². The Balaban J connectivity index is 2.12. The van der Waals surface area contributed by atoms with E-state index in [-0.39, 0.29) is 5.92 Å². The quantitative estimate of drug-likeness (QED) is 0.571. The van der Waals surface area contributed by atoms with E-state index in [1.807, 2.05) is 30.5 Å². The molecule has 0 bridgehead atoms. The van der Waals surface area contributed by atoms with Gasteiger partial charge in [0.15, 0.2) is 0 Å². The summed E-state index contributed by atoms with van der Waals surface area (Å²) in [7, 11) is 0. The summed E-state index contributed by atoms with van der Waals surface area (Å²) in [6.45, 7) is 8.71. The maximum absolute atomic E-state index is 8.20. The van der Waals surface area contributed by atoms with Crippen molar-refractivity contribution < 1.29 is 0 Å². The van der Waals surface area contributed by atoms with Gasteiger partial charge in [-0.05, 0) is 46.9 Å². The number of hydrogen-bond donors (Lipinski definition) is 2. The third-order valence-corrected chi connectivity index (χ3v) is 4.60. The fourth-order valence-electron chi connectivity index (χ4n) is 2.66. The Morgan fingerprint density at radius 1 is 1.12 bits per heavy atom. The van der Waals surface area contributed by atoms with Crippen LogP contribution in [-0.4, -0.2) is 5.71 Å². The molecule has 0 saturated carbocycles. The fourth-order valence-corrected chi connectivity index (χ4v) is 2.78. The SMILES string of the molecule is C=CC(=N)/C(=C\NCc1ccc(CC)cc1)C(C)c1ccc(Cl)cc1. The molecule has 1 unspecified atom stereocenters. The second kappa shape index (κ2) is 9.24. The van der Waals surface area contributed by atoms with Gasteiger partial charge >= 0.3 is 0 Å². The van der Waals surface area contributed by atoms with Gasteiger partial charge in [0.25, 0.3) is 0 Å². The molecule has 2 rings (SSSR count). The normalized spacial score (nSPS) is 12.5. The average Bonchev–Trinajstić information content (AvgIpc) is 2.65. The van der Waals surface area contributed by atoms with Crippen LogP contribution in [0.25, 0.3) is 0 Å². The van der Waals surface area contributed by atoms with Gasteiger partial charge in [-0.2, -0.15) is 0 Å². The number of rotatable bonds is 8. The van der Waals surface area contributed by atoms with Gasteiger partial charge in [-0.15, -0.1) is 0 Å². The lowest BCUT2D eigenvalue weighted by Gasteiger charge is -2.17. The van der Waals surface area contributed by atoms with Gasteiger partial charge in [0.1, 0.15) is 0 Å². The van der Waals surface area contributed by atoms with Crippen molar-refractivity contribution in [3.8, 4) is 0 Å². The maximum atomic E-state index is 8.20. The van der Waals surface area contributed by atoms with Crippen LogP contribution >= 0.6 is 11.6 Å². The van der Waals surface area contributed by atoms with Gasteiger partial charge in [0.05, 0.1) is 5.71 Å². The Hall–Kier alpha value is -2.32. The van der Waals surface area contributed by atoms with Crippen LogP contribution < -0.4 is 5.32 Å². The van der Waals surface area contributed by atoms with E-state index in [0.717, 1.165) is 24.1 Å². The fraction of sp³-hybridized carbons (Fsp3) is 0.227. The first-order valence-electron chi connectivity index (χ1n) is 8.53. The summed E-state index contributed by atoms with van der Waals surface area (Å²) >= 11 is 5.97. The van der Waals surface area contributed by atoms with Crippen molar-refractivity contribution in [2.75, 3.05) is 0 Å². The average molecular weight is 353 g/mol. The predicted molar refractivity (Wildman–Crippen MR) is 109 cm³/mol. The molecule has 0 fully saturated rings. The van der Waals surface area contributed by atoms with Crippen LogP contribution in [0.4, 0.5) is 0 Å². The van der Waals surface area contributed by atoms with E-state index in [1.54, 1.807) is 6.08 Å². The number of nitrogens with one attached hydrogen (secondary N) is 2. The zero-order chi connectivity index (χ0) is 18.2. The Kier molecular flexibility index (Phi) is 7.03. The number of halogens is 1. The first-order valence-corrected chi connectivity index (χ1v) is 8.91. The minimum Gasteiger partial charge on any atom is -0.387 e. The Morgan fingerprint density at radius 2 is 1.72 bits per heavy atom. The van der Waals surface area contributed by atoms with Crippen molar-refractivity contribution in [1.29, 1.82) is 5.41 Å². The van der Waals surface area contributed by atoms with Crippen molar-refractivity contribution in [2.45, 2.75) is 32.7 Å². The smallest absolute Gasteiger partial charge is 0.0586 e. The summed E-state index contributed by atoms with van der Waals surface area (Å²) in [5.41, 5.74) is 5.01. The summed E-state index contributed by atoms with van der Waals surface area (Å²) in [6.07, 6.45) is 4.56. The summed E-state index contributed by atoms with van der Waals surface area (Å²) in [5, 5.41) is 12.3. The van der Waals surface area contributed by atoms with Gasteiger partial charge in [0, 0.05) is 23.7 Å². The third kappa shape index (κ3) is 5.33. The van der Waals surface area contributed by atoms with E-state index in [0.29, 0.717) is 10.7 Å². The van der Waals surface area contributed by atoms with Crippen LogP contribution in [0.5, 0.6) is 0 Å². The molecule has 25 heavy (non-hydrogen) atoms. The Labute approximate surface area is 155 Å². The monoisotopic (exact) mass is 352 g/mol. The zero-order valence-corrected chi connectivity index (χ0v) is 15.6. The summed E-state index contributed by atoms with van der Waals surface area (Å²) in [6, 6.07) is 16.4. The number of aryl methyl sites for hydroxylation is 1. The molecule has 0 aliphatic carbocycles. The van der Waals surface area contributed by atoms with Gasteiger partial charge < -0.3 is 10.7 Å². The van der Waals surface area contributed by atoms with E-state index in [1.165, 1.54) is 11.1 Å². The van der Waals surface area contributed by atoms with Gasteiger partial charge in [-0.3, -0.25) is 0 Å². The standard InChI is InChI=1S/C22H25ClN2/c1-4-17-6-8-18(9-7-17)14-25-15-21(22(24)5-2)16(3)19-10-12-20(23)13-11-19/h5-13,15-16,24-25H,2,4,14H2,1,3H3/b21-15-,24-22?. The molecule has 0 aliphatic rings. The lowest BCUT2D eigenvalue weighted by atomic mass is 9.90. The number of allylic oxidation sites excluding steroid dienone is 2. The highest BCUT2D eigenvalue weighted by molar-refractivity contribution is 6.30. The van der Waals surface area contributed by atoms with Crippen molar-refractivity contribution >= 4 is 17.3 Å². The van der Waals surface area contributed by atoms with E-state index in [9.17, 15) is 0 Å². The van der Waals surface area contributed by atoms with Crippen molar-refractivity contribution in [2.24, 2.45) is 0 Å². The maximum Gasteiger partial charge on any atom is 0.0586 e. The number of hydrogen-bond acceptors (Lipinski definition) is 2. The van der Waals surface area contributed by atoms with Crippen LogP contribution in [0.2, 0.25) is 5.02 Å². The molecule has 0 saturated heterocycles. The summed E-state index contributed by atoms with van der Waals surface area (Å²) in [4.78, 5) is 0.